The van der Waals surface area contributed by atoms with Gasteiger partial charge in [-0.15, -0.1) is 0 Å². The van der Waals surface area contributed by atoms with Crippen LogP contribution in [0, 0.1) is 21.4 Å². The van der Waals surface area contributed by atoms with Gasteiger partial charge in [-0.05, 0) is 23.1 Å². The maximum Gasteiger partial charge on any atom is 0.389 e. The minimum atomic E-state index is -0.634. The molecule has 0 saturated heterocycles. The van der Waals surface area contributed by atoms with E-state index in [2.05, 4.69) is 10.4 Å². The summed E-state index contributed by atoms with van der Waals surface area (Å²) in [6.45, 7) is -0.148. The summed E-state index contributed by atoms with van der Waals surface area (Å²) in [5.41, 5.74) is 0.910. The van der Waals surface area contributed by atoms with Crippen molar-refractivity contribution in [2.75, 3.05) is 5.32 Å². The predicted octanol–water partition coefficient (Wildman–Crippen LogP) is 1.30. The number of nitrogens with one attached hydrogen (secondary N) is 1. The SMILES string of the molecule is N#Cc1cccc(NC(=O)Cn2ccc([N+](=O)[O-])n2)c1. The van der Waals surface area contributed by atoms with Gasteiger partial charge in [-0.1, -0.05) is 6.07 Å². The molecule has 0 radical (unpaired) electrons. The molecule has 1 aromatic heterocycles. The molecule has 0 fully saturated rings. The Bertz CT molecular complexity index is 701. The summed E-state index contributed by atoms with van der Waals surface area (Å²) in [6, 6.07) is 9.61. The van der Waals surface area contributed by atoms with Crippen LogP contribution in [0.2, 0.25) is 0 Å². The average molecular weight is 271 g/mol. The van der Waals surface area contributed by atoms with Gasteiger partial charge in [0.15, 0.2) is 0 Å². The number of nitrogens with zero attached hydrogens (tertiary/aromatic N) is 4. The lowest BCUT2D eigenvalue weighted by molar-refractivity contribution is -0.389. The maximum absolute atomic E-state index is 11.7. The van der Waals surface area contributed by atoms with E-state index in [0.29, 0.717) is 11.3 Å². The van der Waals surface area contributed by atoms with Crippen LogP contribution in [0.5, 0.6) is 0 Å². The van der Waals surface area contributed by atoms with Gasteiger partial charge in [-0.3, -0.25) is 4.79 Å². The minimum Gasteiger partial charge on any atom is -0.358 e. The summed E-state index contributed by atoms with van der Waals surface area (Å²) in [7, 11) is 0. The lowest BCUT2D eigenvalue weighted by atomic mass is 10.2. The van der Waals surface area contributed by atoms with Gasteiger partial charge >= 0.3 is 5.82 Å². The van der Waals surface area contributed by atoms with Crippen LogP contribution in [0.3, 0.4) is 0 Å². The number of amides is 1. The first-order chi connectivity index (χ1) is 9.58. The van der Waals surface area contributed by atoms with E-state index >= 15 is 0 Å². The van der Waals surface area contributed by atoms with Crippen molar-refractivity contribution in [1.82, 2.24) is 9.78 Å². The van der Waals surface area contributed by atoms with Crippen molar-refractivity contribution in [2.24, 2.45) is 0 Å². The van der Waals surface area contributed by atoms with Crippen LogP contribution in [-0.2, 0) is 11.3 Å². The molecule has 8 heteroatoms. The van der Waals surface area contributed by atoms with Gasteiger partial charge in [-0.25, -0.2) is 0 Å². The Morgan fingerprint density at radius 1 is 1.50 bits per heavy atom. The molecule has 0 spiro atoms. The van der Waals surface area contributed by atoms with Gasteiger partial charge in [0.2, 0.25) is 5.91 Å². The molecule has 100 valence electrons. The van der Waals surface area contributed by atoms with Crippen molar-refractivity contribution in [2.45, 2.75) is 6.54 Å². The number of carbonyl (C=O) groups is 1. The average Bonchev–Trinajstić information content (AvgIpc) is 2.87. The molecule has 0 atom stereocenters. The lowest BCUT2D eigenvalue weighted by Gasteiger charge is -2.03. The van der Waals surface area contributed by atoms with E-state index in [0.717, 1.165) is 0 Å². The highest BCUT2D eigenvalue weighted by molar-refractivity contribution is 5.90. The highest BCUT2D eigenvalue weighted by Gasteiger charge is 2.13. The van der Waals surface area contributed by atoms with Crippen molar-refractivity contribution >= 4 is 17.4 Å². The Balaban J connectivity index is 2.01. The van der Waals surface area contributed by atoms with Gasteiger partial charge in [-0.2, -0.15) is 9.94 Å². The highest BCUT2D eigenvalue weighted by Crippen LogP contribution is 2.10. The molecule has 20 heavy (non-hydrogen) atoms. The zero-order valence-corrected chi connectivity index (χ0v) is 10.2. The summed E-state index contributed by atoms with van der Waals surface area (Å²) in [5, 5.41) is 25.4. The van der Waals surface area contributed by atoms with Crippen LogP contribution in [0.1, 0.15) is 5.56 Å². The summed E-state index contributed by atoms with van der Waals surface area (Å²) in [6.07, 6.45) is 1.35. The molecule has 1 amide bonds. The van der Waals surface area contributed by atoms with Gasteiger partial charge < -0.3 is 15.4 Å². The third kappa shape index (κ3) is 3.17. The number of nitriles is 1. The fraction of sp³-hybridized carbons (Fsp3) is 0.0833. The molecular weight excluding hydrogens is 262 g/mol. The fourth-order valence-electron chi connectivity index (χ4n) is 1.55. The lowest BCUT2D eigenvalue weighted by Crippen LogP contribution is -2.19. The number of rotatable bonds is 4. The van der Waals surface area contributed by atoms with Crippen molar-refractivity contribution in [3.63, 3.8) is 0 Å². The van der Waals surface area contributed by atoms with Crippen LogP contribution in [0.15, 0.2) is 36.5 Å². The summed E-state index contributed by atoms with van der Waals surface area (Å²) >= 11 is 0. The molecular formula is C12H9N5O3. The number of benzene rings is 1. The number of hydrogen-bond acceptors (Lipinski definition) is 5. The zero-order chi connectivity index (χ0) is 14.5. The molecule has 0 aliphatic rings. The molecule has 1 heterocycles. The Morgan fingerprint density at radius 2 is 2.30 bits per heavy atom. The largest absolute Gasteiger partial charge is 0.389 e. The Labute approximate surface area is 113 Å². The standard InChI is InChI=1S/C12H9N5O3/c13-7-9-2-1-3-10(6-9)14-12(18)8-16-5-4-11(15-16)17(19)20/h1-6H,8H2,(H,14,18). The number of aromatic nitrogens is 2. The van der Waals surface area contributed by atoms with Gasteiger partial charge in [0.1, 0.15) is 6.54 Å². The Kier molecular flexibility index (Phi) is 3.72. The number of hydrogen-bond donors (Lipinski definition) is 1. The van der Waals surface area contributed by atoms with E-state index in [1.165, 1.54) is 23.0 Å². The summed E-state index contributed by atoms with van der Waals surface area (Å²) < 4.78 is 1.17. The molecule has 0 saturated carbocycles. The van der Waals surface area contributed by atoms with Crippen LogP contribution < -0.4 is 5.32 Å². The van der Waals surface area contributed by atoms with E-state index in [9.17, 15) is 14.9 Å². The molecule has 1 aromatic carbocycles. The molecule has 0 aliphatic heterocycles. The van der Waals surface area contributed by atoms with Crippen LogP contribution in [0.25, 0.3) is 0 Å². The van der Waals surface area contributed by atoms with Crippen LogP contribution in [-0.4, -0.2) is 20.6 Å². The van der Waals surface area contributed by atoms with Crippen molar-refractivity contribution in [3.05, 3.63) is 52.2 Å². The number of nitro groups is 1. The first-order valence-electron chi connectivity index (χ1n) is 5.56. The van der Waals surface area contributed by atoms with E-state index in [1.807, 2.05) is 6.07 Å². The van der Waals surface area contributed by atoms with Crippen molar-refractivity contribution < 1.29 is 9.72 Å². The Morgan fingerprint density at radius 3 is 2.95 bits per heavy atom. The molecule has 2 rings (SSSR count). The van der Waals surface area contributed by atoms with Crippen LogP contribution in [0.4, 0.5) is 11.5 Å². The molecule has 0 bridgehead atoms. The molecule has 2 aromatic rings. The number of carbonyl (C=O) groups excluding carboxylic acids is 1. The molecule has 1 N–H and O–H groups in total. The maximum atomic E-state index is 11.7. The predicted molar refractivity (Wildman–Crippen MR) is 68.7 cm³/mol. The molecule has 8 nitrogen and oxygen atoms in total. The van der Waals surface area contributed by atoms with E-state index in [-0.39, 0.29) is 12.4 Å². The zero-order valence-electron chi connectivity index (χ0n) is 10.2. The highest BCUT2D eigenvalue weighted by atomic mass is 16.6. The molecule has 0 unspecified atom stereocenters. The third-order valence-corrected chi connectivity index (χ3v) is 2.39. The van der Waals surface area contributed by atoms with Gasteiger partial charge in [0, 0.05) is 5.69 Å². The van der Waals surface area contributed by atoms with Gasteiger partial charge in [0.25, 0.3) is 0 Å². The second-order valence-corrected chi connectivity index (χ2v) is 3.87. The van der Waals surface area contributed by atoms with E-state index in [4.69, 9.17) is 5.26 Å². The topological polar surface area (TPSA) is 114 Å². The summed E-state index contributed by atoms with van der Waals surface area (Å²) in [5.74, 6) is -0.706. The van der Waals surface area contributed by atoms with E-state index in [1.54, 1.807) is 18.2 Å². The van der Waals surface area contributed by atoms with Crippen molar-refractivity contribution in [3.8, 4) is 6.07 Å². The minimum absolute atomic E-state index is 0.148. The fourth-order valence-corrected chi connectivity index (χ4v) is 1.55. The first-order valence-corrected chi connectivity index (χ1v) is 5.56. The second kappa shape index (κ2) is 5.62. The Hall–Kier alpha value is -3.21. The molecule has 0 aliphatic carbocycles. The van der Waals surface area contributed by atoms with Crippen LogP contribution >= 0.6 is 0 Å². The smallest absolute Gasteiger partial charge is 0.358 e. The first kappa shape index (κ1) is 13.2. The monoisotopic (exact) mass is 271 g/mol. The summed E-state index contributed by atoms with van der Waals surface area (Å²) in [4.78, 5) is 21.6. The quantitative estimate of drug-likeness (QED) is 0.665. The second-order valence-electron chi connectivity index (χ2n) is 3.87. The van der Waals surface area contributed by atoms with Crippen molar-refractivity contribution in [1.29, 1.82) is 5.26 Å². The number of anilines is 1. The van der Waals surface area contributed by atoms with Gasteiger partial charge in [0.05, 0.1) is 29.0 Å². The third-order valence-electron chi connectivity index (χ3n) is 2.39. The normalized spacial score (nSPS) is 9.75. The van der Waals surface area contributed by atoms with E-state index < -0.39 is 10.8 Å².